The summed E-state index contributed by atoms with van der Waals surface area (Å²) in [6.07, 6.45) is -76.3. The van der Waals surface area contributed by atoms with Crippen LogP contribution in [0.1, 0.15) is 91.9 Å². The number of hydrogen-bond acceptors (Lipinski definition) is 66. The summed E-state index contributed by atoms with van der Waals surface area (Å²) in [6.45, 7) is -3.28. The van der Waals surface area contributed by atoms with Gasteiger partial charge in [-0.15, -0.1) is 0 Å². The number of hydrogen-bond donors (Lipinski definition) is 1. The van der Waals surface area contributed by atoms with E-state index in [0.29, 0.717) is 32.1 Å². The molecule has 4 aliphatic heterocycles. The van der Waals surface area contributed by atoms with Crippen LogP contribution in [0.25, 0.3) is 0 Å². The summed E-state index contributed by atoms with van der Waals surface area (Å²) in [5, 5.41) is 1.86. The van der Waals surface area contributed by atoms with Gasteiger partial charge in [0.1, 0.15) is 79.4 Å². The largest absolute Gasteiger partial charge is 1.00 e. The summed E-state index contributed by atoms with van der Waals surface area (Å²) in [6, 6.07) is 0. The Morgan fingerprint density at radius 2 is 0.614 bits per heavy atom. The molecule has 145 heavy (non-hydrogen) atoms. The van der Waals surface area contributed by atoms with E-state index >= 15 is 0 Å². The molecule has 0 radical (unpaired) electrons. The summed E-state index contributed by atoms with van der Waals surface area (Å²) in [5.74, 6) is -4.10. The van der Waals surface area contributed by atoms with Crippen LogP contribution in [-0.2, 0) is 252 Å². The Morgan fingerprint density at radius 3 is 0.924 bits per heavy atom. The maximum absolute atomic E-state index is 14.4. The van der Waals surface area contributed by atoms with Crippen molar-refractivity contribution in [1.29, 1.82) is 0 Å². The Kier molecular flexibility index (Phi) is 78.0. The molecule has 1 amide bonds. The fraction of sp³-hybridized carbons (Fsp3) is 0.960. The van der Waals surface area contributed by atoms with Crippen molar-refractivity contribution in [2.75, 3.05) is 26.4 Å². The summed E-state index contributed by atoms with van der Waals surface area (Å²) in [5.41, 5.74) is -1.47. The predicted octanol–water partition coefficient (Wildman–Crippen LogP) is -53.8. The van der Waals surface area contributed by atoms with Crippen LogP contribution >= 0.6 is 0 Å². The van der Waals surface area contributed by atoms with Gasteiger partial charge in [-0.2, -0.15) is 0 Å². The normalized spacial score (nSPS) is 32.8. The fourth-order valence-corrected chi connectivity index (χ4v) is 23.9. The molecule has 0 aromatic heterocycles. The van der Waals surface area contributed by atoms with Gasteiger partial charge in [0.15, 0.2) is 49.5 Å². The van der Waals surface area contributed by atoms with Crippen molar-refractivity contribution in [3.05, 3.63) is 0 Å². The molecule has 8 rings (SSSR count). The fourth-order valence-electron chi connectivity index (χ4n) is 17.8. The van der Waals surface area contributed by atoms with Crippen molar-refractivity contribution < 1.29 is 701 Å². The topological polar surface area (TPSA) is 1050 Å². The smallest absolute Gasteiger partial charge is 0.726 e. The van der Waals surface area contributed by atoms with Gasteiger partial charge in [-0.25, -0.2) is 118 Å². The summed E-state index contributed by atoms with van der Waals surface area (Å²) in [4.78, 5) is 27.4. The molecule has 30 atom stereocenters. The van der Waals surface area contributed by atoms with Crippen molar-refractivity contribution in [3.63, 3.8) is 0 Å². The number of esters is 1. The van der Waals surface area contributed by atoms with Crippen LogP contribution in [0.5, 0.6) is 0 Å². The predicted molar refractivity (Wildman–Crippen MR) is 370 cm³/mol. The molecule has 768 valence electrons. The first-order valence-electron chi connectivity index (χ1n) is 35.8. The van der Waals surface area contributed by atoms with Crippen molar-refractivity contribution in [2.45, 2.75) is 227 Å². The van der Waals surface area contributed by atoms with Crippen molar-refractivity contribution in [3.8, 4) is 0 Å². The summed E-state index contributed by atoms with van der Waals surface area (Å²) in [7, 11) is -93.9. The minimum atomic E-state index is -7.19. The van der Waals surface area contributed by atoms with E-state index in [0.717, 1.165) is 6.92 Å². The van der Waals surface area contributed by atoms with Gasteiger partial charge in [-0.3, -0.25) is 68.2 Å². The summed E-state index contributed by atoms with van der Waals surface area (Å²) < 4.78 is 622. The van der Waals surface area contributed by atoms with E-state index < -0.39 is 348 Å². The van der Waals surface area contributed by atoms with E-state index in [1.165, 1.54) is 0 Å². The third-order valence-electron chi connectivity index (χ3n) is 22.0. The van der Waals surface area contributed by atoms with Crippen LogP contribution < -0.4 is 419 Å². The van der Waals surface area contributed by atoms with E-state index in [1.54, 1.807) is 6.92 Å². The number of ether oxygens (including phenoxy) is 8. The van der Waals surface area contributed by atoms with Gasteiger partial charge in [-0.05, 0) is 98.7 Å². The molecule has 95 heteroatoms. The first-order chi connectivity index (χ1) is 58.9. The van der Waals surface area contributed by atoms with Gasteiger partial charge < -0.3 is 107 Å². The maximum atomic E-state index is 14.4. The van der Waals surface area contributed by atoms with E-state index in [4.69, 9.17) is 42.1 Å². The Balaban J connectivity index is -0.00000272. The number of nitrogens with one attached hydrogen (secondary N) is 1. The molecular formula is C50H69NNa14O66S14. The van der Waals surface area contributed by atoms with E-state index in [1.807, 2.05) is 19.2 Å². The van der Waals surface area contributed by atoms with Crippen LogP contribution in [-0.4, -0.2) is 355 Å². The average Bonchev–Trinajstić information content (AvgIpc) is 1.62. The van der Waals surface area contributed by atoms with Gasteiger partial charge in [0.2, 0.25) is 151 Å². The van der Waals surface area contributed by atoms with Crippen LogP contribution in [0, 0.1) is 46.3 Å². The van der Waals surface area contributed by atoms with Crippen LogP contribution in [0.15, 0.2) is 0 Å². The quantitative estimate of drug-likeness (QED) is 0.0256. The Bertz CT molecular complexity index is 5900. The van der Waals surface area contributed by atoms with E-state index in [-0.39, 0.29) is 463 Å². The number of fused-ring (bicyclic) bond motifs is 5. The third kappa shape index (κ3) is 55.3. The maximum Gasteiger partial charge on any atom is 1.00 e. The standard InChI is InChI=1S/C50H83NO66S14.14Na/c1-19(24-8-9-25-23-7-6-21-13-22(108-122(66,67)68)11-12-49(21,3)26(23)14-31(50(24,25)4)100-20(2)52)5-10-32(53)51-45-41(114-128(84,85)86)37(110-124(72,73)74)33(27(101-45)15-96-118(54,55)56)105-46-42(115-129(87,88)89)38(111-125(75,76)77)34(28(102-46)16-97-119(57,58)59)106-47-43(116-130(90,91)92)39(112-126(78,79)80)35(29(103-47)17-98-120(60,61)62)107-48-44(117-131(93,94)95)40(113-127(81,82)83)36(109-123(69,70)71)30(104-48)18-99-121(63,64)65;;;;;;;;;;;;;;/h19,21-31,33-48H,5-18H2,1-4H3,(H,51,53)(H,54,55,56)(H,57,58,59)(H,60,61,62)(H,63,64,65)(H,66,67,68)(H,69,70,71)(H,72,73,74)(H,75,76,77)(H,78,79,80)(H,81,82,83)(H,84,85,86)(H,87,88,89)(H,90,91,92)(H,93,94,95);;;;;;;;;;;;;;/q;14*+1/p-14/t19-,21+,22+,23+,24-,25+,26+,27-,28-,29-,30-,31+,33-,34-,35-,36-,37+,38+,39+,40+,41-,42-,43-,44-,45-,46-,47-,48-,49+,50-;;;;;;;;;;;;;;/m1............../s1. The van der Waals surface area contributed by atoms with Gasteiger partial charge in [0.05, 0.1) is 32.5 Å². The van der Waals surface area contributed by atoms with Gasteiger partial charge in [0, 0.05) is 18.8 Å². The zero-order chi connectivity index (χ0) is 99.5. The molecule has 67 nitrogen and oxygen atoms in total. The Hall–Kier alpha value is 10.8. The zero-order valence-corrected chi connectivity index (χ0v) is 119. The van der Waals surface area contributed by atoms with Gasteiger partial charge in [-0.1, -0.05) is 20.8 Å². The molecule has 8 fully saturated rings. The summed E-state index contributed by atoms with van der Waals surface area (Å²) >= 11 is 0. The first-order valence-corrected chi connectivity index (χ1v) is 54.5. The van der Waals surface area contributed by atoms with E-state index in [2.05, 4.69) is 54.4 Å². The molecule has 0 bridgehead atoms. The van der Waals surface area contributed by atoms with E-state index in [9.17, 15) is 191 Å². The molecule has 1 N–H and O–H groups in total. The Morgan fingerprint density at radius 1 is 0.331 bits per heavy atom. The third-order valence-corrected chi connectivity index (χ3v) is 28.3. The average molecular weight is 2510 g/mol. The molecule has 0 aromatic rings. The Labute approximate surface area is 1140 Å². The minimum absolute atomic E-state index is 0. The second kappa shape index (κ2) is 67.0. The van der Waals surface area contributed by atoms with Crippen LogP contribution in [0.3, 0.4) is 0 Å². The monoisotopic (exact) mass is 2510 g/mol. The molecule has 0 aromatic carbocycles. The van der Waals surface area contributed by atoms with Crippen molar-refractivity contribution >= 4 is 157 Å². The molecule has 8 aliphatic rings. The van der Waals surface area contributed by atoms with Crippen LogP contribution in [0.4, 0.5) is 0 Å². The zero-order valence-electron chi connectivity index (χ0n) is 79.2. The van der Waals surface area contributed by atoms with Gasteiger partial charge >= 0.3 is 420 Å². The SMILES string of the molecule is CC(=O)O[C@H]1C[C@H]2[C@@H](CC[C@H]3C[C@@H](OS(=O)(=O)[O-])CC[C@@]32C)[C@@H]2CC[C@H]([C@H](C)CCC(=O)N[C@@H]3O[C@H](COS(=O)(=O)[O-])[C@@H](O[C@H]4O[C@H](COS(=O)(=O)[O-])[C@@H](O[C@H]5O[C@H](COS(=O)(=O)[O-])[C@@H](O[C@H]6O[C@H](COS(=O)(=O)[O-])[C@@H](OS(=O)(=O)[O-])[C@H](OS(=O)(=O)[O-])[C@H]6OS(=O)(=O)[O-])[C@H](OS(=O)(=O)[O-])[C@H]5OS(=O)(=O)[O-])[C@H](OS(=O)(=O)[O-])[C@H]4OS(=O)(=O)[O-])[C@H](OS(=O)(=O)[O-])[C@H]3OS(=O)(=O)[O-])[C@@]12C.[Na+].[Na+].[Na+].[Na+].[Na+].[Na+].[Na+].[Na+].[Na+].[Na+].[Na+].[Na+].[Na+].[Na+]. The first kappa shape index (κ1) is 169. The minimum Gasteiger partial charge on any atom is -0.726 e. The second-order valence-electron chi connectivity index (χ2n) is 30.0. The molecule has 0 spiro atoms. The number of rotatable bonds is 44. The number of amides is 1. The molecule has 4 aliphatic carbocycles. The second-order valence-corrected chi connectivity index (χ2v) is 44.3. The molecule has 4 heterocycles. The molecule has 4 saturated heterocycles. The molecule has 0 unspecified atom stereocenters. The molecule has 4 saturated carbocycles. The van der Waals surface area contributed by atoms with Crippen molar-refractivity contribution in [2.24, 2.45) is 46.3 Å². The number of carbonyl (C=O) groups is 2. The number of carbonyl (C=O) groups excluding carboxylic acids is 2. The van der Waals surface area contributed by atoms with Crippen LogP contribution in [0.2, 0.25) is 0 Å². The van der Waals surface area contributed by atoms with Crippen molar-refractivity contribution in [1.82, 2.24) is 5.32 Å². The van der Waals surface area contributed by atoms with Gasteiger partial charge in [0.25, 0.3) is 0 Å². The molecular weight excluding hydrogens is 2440 g/mol.